The maximum atomic E-state index is 5.45. The number of pyridine rings is 1. The number of furan rings is 1. The number of para-hydroxylation sites is 1. The number of nitrogens with one attached hydrogen (secondary N) is 1. The molecule has 108 valence electrons. The van der Waals surface area contributed by atoms with Gasteiger partial charge in [-0.15, -0.1) is 0 Å². The Balaban J connectivity index is 2.02. The molecule has 3 aromatic rings. The van der Waals surface area contributed by atoms with Gasteiger partial charge in [-0.05, 0) is 31.3 Å². The van der Waals surface area contributed by atoms with Gasteiger partial charge in [0.15, 0.2) is 0 Å². The molecule has 2 aromatic heterocycles. The van der Waals surface area contributed by atoms with Gasteiger partial charge < -0.3 is 14.6 Å². The van der Waals surface area contributed by atoms with E-state index in [1.54, 1.807) is 6.26 Å². The summed E-state index contributed by atoms with van der Waals surface area (Å²) >= 11 is 0. The summed E-state index contributed by atoms with van der Waals surface area (Å²) in [6, 6.07) is 14.3. The van der Waals surface area contributed by atoms with Gasteiger partial charge in [0.25, 0.3) is 0 Å². The first-order chi connectivity index (χ1) is 10.3. The molecule has 4 nitrogen and oxygen atoms in total. The molecule has 0 spiro atoms. The average Bonchev–Trinajstić information content (AvgIpc) is 2.99. The lowest BCUT2D eigenvalue weighted by Gasteiger charge is -2.21. The second kappa shape index (κ2) is 5.97. The Hall–Kier alpha value is -2.33. The molecule has 3 rings (SSSR count). The van der Waals surface area contributed by atoms with E-state index < -0.39 is 0 Å². The Labute approximate surface area is 124 Å². The van der Waals surface area contributed by atoms with Crippen molar-refractivity contribution in [3.63, 3.8) is 0 Å². The van der Waals surface area contributed by atoms with Crippen LogP contribution in [-0.2, 0) is 13.1 Å². The number of hydrogen-bond donors (Lipinski definition) is 1. The molecule has 0 fully saturated rings. The fraction of sp³-hybridized carbons (Fsp3) is 0.235. The molecule has 21 heavy (non-hydrogen) atoms. The monoisotopic (exact) mass is 281 g/mol. The van der Waals surface area contributed by atoms with Crippen molar-refractivity contribution in [3.8, 4) is 0 Å². The topological polar surface area (TPSA) is 41.3 Å². The standard InChI is InChI=1S/C17H19N3O/c1-18-11-13-10-17(15-7-3-4-8-16(15)19-13)20(2)12-14-6-5-9-21-14/h3-10,18H,11-12H2,1-2H3. The number of hydrogen-bond acceptors (Lipinski definition) is 4. The molecule has 4 heteroatoms. The van der Waals surface area contributed by atoms with Gasteiger partial charge in [-0.1, -0.05) is 18.2 Å². The van der Waals surface area contributed by atoms with Crippen LogP contribution in [0.4, 0.5) is 5.69 Å². The van der Waals surface area contributed by atoms with Gasteiger partial charge in [-0.3, -0.25) is 4.98 Å². The van der Waals surface area contributed by atoms with E-state index in [4.69, 9.17) is 9.40 Å². The molecule has 0 amide bonds. The highest BCUT2D eigenvalue weighted by Gasteiger charge is 2.10. The van der Waals surface area contributed by atoms with Gasteiger partial charge in [-0.25, -0.2) is 0 Å². The average molecular weight is 281 g/mol. The second-order valence-corrected chi connectivity index (χ2v) is 5.12. The molecule has 2 heterocycles. The second-order valence-electron chi connectivity index (χ2n) is 5.12. The van der Waals surface area contributed by atoms with Crippen LogP contribution in [0.3, 0.4) is 0 Å². The van der Waals surface area contributed by atoms with Crippen molar-refractivity contribution < 1.29 is 4.42 Å². The Morgan fingerprint density at radius 3 is 2.81 bits per heavy atom. The highest BCUT2D eigenvalue weighted by Crippen LogP contribution is 2.27. The van der Waals surface area contributed by atoms with E-state index in [2.05, 4.69) is 35.5 Å². The molecule has 0 radical (unpaired) electrons. The molecule has 0 aliphatic carbocycles. The number of fused-ring (bicyclic) bond motifs is 1. The Morgan fingerprint density at radius 1 is 1.19 bits per heavy atom. The Bertz CT molecular complexity index is 722. The summed E-state index contributed by atoms with van der Waals surface area (Å²) in [5.74, 6) is 0.952. The maximum Gasteiger partial charge on any atom is 0.123 e. The molecule has 0 saturated heterocycles. The van der Waals surface area contributed by atoms with Crippen LogP contribution in [0.25, 0.3) is 10.9 Å². The lowest BCUT2D eigenvalue weighted by atomic mass is 10.1. The van der Waals surface area contributed by atoms with Crippen molar-refractivity contribution in [2.45, 2.75) is 13.1 Å². The van der Waals surface area contributed by atoms with Crippen LogP contribution in [0.1, 0.15) is 11.5 Å². The van der Waals surface area contributed by atoms with Gasteiger partial charge in [0, 0.05) is 24.7 Å². The lowest BCUT2D eigenvalue weighted by Crippen LogP contribution is -2.17. The summed E-state index contributed by atoms with van der Waals surface area (Å²) < 4.78 is 5.45. The molecule has 0 aliphatic heterocycles. The molecule has 0 aliphatic rings. The summed E-state index contributed by atoms with van der Waals surface area (Å²) in [5.41, 5.74) is 3.23. The molecule has 0 atom stereocenters. The molecule has 0 saturated carbocycles. The zero-order valence-electron chi connectivity index (χ0n) is 12.3. The van der Waals surface area contributed by atoms with Crippen LogP contribution in [0.15, 0.2) is 53.1 Å². The van der Waals surface area contributed by atoms with Crippen LogP contribution < -0.4 is 10.2 Å². The maximum absolute atomic E-state index is 5.45. The van der Waals surface area contributed by atoms with E-state index >= 15 is 0 Å². The van der Waals surface area contributed by atoms with Crippen molar-refractivity contribution >= 4 is 16.6 Å². The smallest absolute Gasteiger partial charge is 0.123 e. The number of anilines is 1. The van der Waals surface area contributed by atoms with Gasteiger partial charge in [-0.2, -0.15) is 0 Å². The van der Waals surface area contributed by atoms with Gasteiger partial charge in [0.1, 0.15) is 5.76 Å². The number of rotatable bonds is 5. The number of aromatic nitrogens is 1. The first-order valence-corrected chi connectivity index (χ1v) is 7.04. The minimum absolute atomic E-state index is 0.736. The van der Waals surface area contributed by atoms with Crippen molar-refractivity contribution in [1.29, 1.82) is 0 Å². The normalized spacial score (nSPS) is 11.0. The number of nitrogens with zero attached hydrogens (tertiary/aromatic N) is 2. The zero-order chi connectivity index (χ0) is 14.7. The van der Waals surface area contributed by atoms with Crippen molar-refractivity contribution in [1.82, 2.24) is 10.3 Å². The summed E-state index contributed by atoms with van der Waals surface area (Å²) in [7, 11) is 4.01. The first kappa shape index (κ1) is 13.6. The minimum atomic E-state index is 0.736. The quantitative estimate of drug-likeness (QED) is 0.780. The van der Waals surface area contributed by atoms with Crippen molar-refractivity contribution in [2.24, 2.45) is 0 Å². The number of benzene rings is 1. The highest BCUT2D eigenvalue weighted by molar-refractivity contribution is 5.91. The molecule has 0 bridgehead atoms. The third kappa shape index (κ3) is 2.90. The van der Waals surface area contributed by atoms with Crippen LogP contribution in [0.2, 0.25) is 0 Å². The Morgan fingerprint density at radius 2 is 2.05 bits per heavy atom. The third-order valence-corrected chi connectivity index (χ3v) is 3.49. The minimum Gasteiger partial charge on any atom is -0.467 e. The molecule has 0 unspecified atom stereocenters. The van der Waals surface area contributed by atoms with Crippen molar-refractivity contribution in [3.05, 3.63) is 60.2 Å². The fourth-order valence-corrected chi connectivity index (χ4v) is 2.52. The summed E-state index contributed by atoms with van der Waals surface area (Å²) in [4.78, 5) is 6.89. The molecular formula is C17H19N3O. The van der Waals surface area contributed by atoms with E-state index in [0.29, 0.717) is 0 Å². The van der Waals surface area contributed by atoms with Gasteiger partial charge in [0.2, 0.25) is 0 Å². The van der Waals surface area contributed by atoms with Crippen molar-refractivity contribution in [2.75, 3.05) is 19.0 Å². The summed E-state index contributed by atoms with van der Waals surface area (Å²) in [6.45, 7) is 1.49. The summed E-state index contributed by atoms with van der Waals surface area (Å²) in [6.07, 6.45) is 1.71. The first-order valence-electron chi connectivity index (χ1n) is 7.04. The molecule has 1 N–H and O–H groups in total. The summed E-state index contributed by atoms with van der Waals surface area (Å²) in [5, 5.41) is 4.32. The van der Waals surface area contributed by atoms with Gasteiger partial charge >= 0.3 is 0 Å². The molecular weight excluding hydrogens is 262 g/mol. The predicted molar refractivity (Wildman–Crippen MR) is 85.3 cm³/mol. The molecule has 1 aromatic carbocycles. The van der Waals surface area contributed by atoms with E-state index in [1.165, 1.54) is 5.69 Å². The predicted octanol–water partition coefficient (Wildman–Crippen LogP) is 3.18. The largest absolute Gasteiger partial charge is 0.467 e. The zero-order valence-corrected chi connectivity index (χ0v) is 12.3. The fourth-order valence-electron chi connectivity index (χ4n) is 2.52. The van der Waals surface area contributed by atoms with E-state index in [0.717, 1.165) is 35.4 Å². The van der Waals surface area contributed by atoms with E-state index in [1.807, 2.05) is 31.3 Å². The van der Waals surface area contributed by atoms with Crippen LogP contribution in [0, 0.1) is 0 Å². The van der Waals surface area contributed by atoms with Crippen LogP contribution >= 0.6 is 0 Å². The van der Waals surface area contributed by atoms with E-state index in [-0.39, 0.29) is 0 Å². The van der Waals surface area contributed by atoms with Gasteiger partial charge in [0.05, 0.1) is 24.0 Å². The third-order valence-electron chi connectivity index (χ3n) is 3.49. The van der Waals surface area contributed by atoms with Crippen LogP contribution in [0.5, 0.6) is 0 Å². The van der Waals surface area contributed by atoms with E-state index in [9.17, 15) is 0 Å². The SMILES string of the molecule is CNCc1cc(N(C)Cc2ccco2)c2ccccc2n1. The Kier molecular flexibility index (Phi) is 3.88. The highest BCUT2D eigenvalue weighted by atomic mass is 16.3. The lowest BCUT2D eigenvalue weighted by molar-refractivity contribution is 0.507. The van der Waals surface area contributed by atoms with Crippen LogP contribution in [-0.4, -0.2) is 19.1 Å².